The van der Waals surface area contributed by atoms with E-state index in [1.807, 2.05) is 0 Å². The Bertz CT molecular complexity index is 545. The van der Waals surface area contributed by atoms with E-state index in [2.05, 4.69) is 16.5 Å². The molecule has 5 nitrogen and oxygen atoms in total. The first-order valence-corrected chi connectivity index (χ1v) is 4.74. The number of H-pyrrole nitrogens is 1. The number of nitrogens with zero attached hydrogens (tertiary/aromatic N) is 1. The van der Waals surface area contributed by atoms with E-state index in [1.54, 1.807) is 18.2 Å². The maximum absolute atomic E-state index is 11.5. The highest BCUT2D eigenvalue weighted by atomic mass is 16.5. The summed E-state index contributed by atoms with van der Waals surface area (Å²) in [7, 11) is 0. The number of esters is 1. The van der Waals surface area contributed by atoms with Gasteiger partial charge in [-0.3, -0.25) is 0 Å². The normalized spacial score (nSPS) is 10.2. The lowest BCUT2D eigenvalue weighted by molar-refractivity contribution is 0.0537. The molecule has 0 spiro atoms. The van der Waals surface area contributed by atoms with Crippen molar-refractivity contribution in [3.8, 4) is 0 Å². The Morgan fingerprint density at radius 2 is 2.44 bits per heavy atom. The number of hydrogen-bond acceptors (Lipinski definition) is 4. The molecule has 0 saturated heterocycles. The molecular weight excluding hydrogens is 206 g/mol. The van der Waals surface area contributed by atoms with Crippen molar-refractivity contribution in [3.63, 3.8) is 0 Å². The van der Waals surface area contributed by atoms with Gasteiger partial charge in [-0.25, -0.2) is 9.78 Å². The second-order valence-corrected chi connectivity index (χ2v) is 3.22. The van der Waals surface area contributed by atoms with E-state index in [0.29, 0.717) is 16.7 Å². The Labute approximate surface area is 91.9 Å². The van der Waals surface area contributed by atoms with Crippen LogP contribution in [0.25, 0.3) is 11.0 Å². The number of ether oxygens (including phenoxy) is 1. The number of rotatable bonds is 3. The number of imidazole rings is 1. The molecule has 82 valence electrons. The molecule has 0 amide bonds. The molecule has 0 aliphatic carbocycles. The fourth-order valence-electron chi connectivity index (χ4n) is 1.35. The van der Waals surface area contributed by atoms with Crippen molar-refractivity contribution < 1.29 is 9.53 Å². The van der Waals surface area contributed by atoms with Gasteiger partial charge < -0.3 is 15.5 Å². The summed E-state index contributed by atoms with van der Waals surface area (Å²) in [6, 6.07) is 5.31. The van der Waals surface area contributed by atoms with Crippen LogP contribution in [0.5, 0.6) is 0 Å². The van der Waals surface area contributed by atoms with E-state index in [-0.39, 0.29) is 12.4 Å². The van der Waals surface area contributed by atoms with Crippen LogP contribution in [0.1, 0.15) is 10.6 Å². The number of aromatic amines is 1. The Balaban J connectivity index is 2.36. The summed E-state index contributed by atoms with van der Waals surface area (Å²) in [5.74, 6) is -0.370. The number of aromatic nitrogens is 2. The number of nitrogen functional groups attached to an aromatic ring is 1. The molecule has 3 N–H and O–H groups in total. The predicted octanol–water partition coefficient (Wildman–Crippen LogP) is 1.49. The monoisotopic (exact) mass is 217 g/mol. The number of fused-ring (bicyclic) bond motifs is 1. The molecule has 2 aromatic rings. The maximum atomic E-state index is 11.5. The zero-order valence-electron chi connectivity index (χ0n) is 8.56. The fraction of sp³-hybridized carbons (Fsp3) is 0.0909. The van der Waals surface area contributed by atoms with Gasteiger partial charge in [-0.05, 0) is 12.1 Å². The van der Waals surface area contributed by atoms with Gasteiger partial charge in [0, 0.05) is 0 Å². The molecule has 5 heteroatoms. The number of carbonyl (C=O) groups excluding carboxylic acids is 1. The average molecular weight is 217 g/mol. The lowest BCUT2D eigenvalue weighted by Gasteiger charge is -1.96. The molecule has 0 saturated carbocycles. The van der Waals surface area contributed by atoms with Crippen LogP contribution < -0.4 is 5.73 Å². The third-order valence-electron chi connectivity index (χ3n) is 2.07. The van der Waals surface area contributed by atoms with Gasteiger partial charge in [0.05, 0.1) is 11.2 Å². The molecule has 1 aromatic carbocycles. The molecule has 0 radical (unpaired) electrons. The average Bonchev–Trinajstić information content (AvgIpc) is 2.71. The quantitative estimate of drug-likeness (QED) is 0.463. The van der Waals surface area contributed by atoms with Gasteiger partial charge in [-0.15, -0.1) is 0 Å². The van der Waals surface area contributed by atoms with Crippen LogP contribution in [0.4, 0.5) is 5.69 Å². The first-order chi connectivity index (χ1) is 7.72. The maximum Gasteiger partial charge on any atom is 0.374 e. The fourth-order valence-corrected chi connectivity index (χ4v) is 1.35. The largest absolute Gasteiger partial charge is 0.456 e. The van der Waals surface area contributed by atoms with Crippen LogP contribution in [0.3, 0.4) is 0 Å². The summed E-state index contributed by atoms with van der Waals surface area (Å²) in [6.07, 6.45) is 1.49. The van der Waals surface area contributed by atoms with Crippen LogP contribution in [-0.2, 0) is 4.74 Å². The molecule has 0 aliphatic rings. The standard InChI is InChI=1S/C11H11N3O2/c1-2-6-16-11(15)10-13-8-5-3-4-7(12)9(8)14-10/h2-5H,1,6,12H2,(H,13,14). The van der Waals surface area contributed by atoms with E-state index in [9.17, 15) is 4.79 Å². The summed E-state index contributed by atoms with van der Waals surface area (Å²) in [5.41, 5.74) is 7.53. The molecule has 0 bridgehead atoms. The molecule has 16 heavy (non-hydrogen) atoms. The van der Waals surface area contributed by atoms with Crippen LogP contribution in [0.2, 0.25) is 0 Å². The van der Waals surface area contributed by atoms with Crippen molar-refractivity contribution >= 4 is 22.7 Å². The van der Waals surface area contributed by atoms with E-state index in [1.165, 1.54) is 6.08 Å². The van der Waals surface area contributed by atoms with Crippen LogP contribution in [-0.4, -0.2) is 22.5 Å². The Hall–Kier alpha value is -2.30. The molecule has 0 unspecified atom stereocenters. The van der Waals surface area contributed by atoms with Gasteiger partial charge in [-0.2, -0.15) is 0 Å². The number of nitrogens with one attached hydrogen (secondary N) is 1. The van der Waals surface area contributed by atoms with Crippen molar-refractivity contribution in [2.75, 3.05) is 12.3 Å². The molecule has 2 rings (SSSR count). The van der Waals surface area contributed by atoms with Crippen LogP contribution >= 0.6 is 0 Å². The van der Waals surface area contributed by atoms with Crippen molar-refractivity contribution in [3.05, 3.63) is 36.7 Å². The topological polar surface area (TPSA) is 81.0 Å². The number of para-hydroxylation sites is 1. The highest BCUT2D eigenvalue weighted by Crippen LogP contribution is 2.18. The third-order valence-corrected chi connectivity index (χ3v) is 2.07. The SMILES string of the molecule is C=CCOC(=O)c1nc2c(N)cccc2[nH]1. The zero-order chi connectivity index (χ0) is 11.5. The summed E-state index contributed by atoms with van der Waals surface area (Å²) in [6.45, 7) is 3.61. The molecule has 0 atom stereocenters. The van der Waals surface area contributed by atoms with Gasteiger partial charge >= 0.3 is 5.97 Å². The minimum absolute atomic E-state index is 0.148. The third kappa shape index (κ3) is 1.75. The lowest BCUT2D eigenvalue weighted by Crippen LogP contribution is -2.06. The van der Waals surface area contributed by atoms with Crippen LogP contribution in [0, 0.1) is 0 Å². The smallest absolute Gasteiger partial charge is 0.374 e. The minimum atomic E-state index is -0.518. The van der Waals surface area contributed by atoms with E-state index < -0.39 is 5.97 Å². The summed E-state index contributed by atoms with van der Waals surface area (Å²) in [4.78, 5) is 18.4. The number of nitrogens with two attached hydrogens (primary N) is 1. The predicted molar refractivity (Wildman–Crippen MR) is 61.0 cm³/mol. The van der Waals surface area contributed by atoms with Gasteiger partial charge in [0.15, 0.2) is 0 Å². The highest BCUT2D eigenvalue weighted by molar-refractivity contribution is 5.94. The minimum Gasteiger partial charge on any atom is -0.456 e. The summed E-state index contributed by atoms with van der Waals surface area (Å²) >= 11 is 0. The Morgan fingerprint density at radius 3 is 3.12 bits per heavy atom. The van der Waals surface area contributed by atoms with Gasteiger partial charge in [-0.1, -0.05) is 18.7 Å². The van der Waals surface area contributed by atoms with Crippen molar-refractivity contribution in [2.45, 2.75) is 0 Å². The summed E-state index contributed by atoms with van der Waals surface area (Å²) in [5, 5.41) is 0. The number of benzene rings is 1. The molecule has 1 heterocycles. The Morgan fingerprint density at radius 1 is 1.62 bits per heavy atom. The number of hydrogen-bond donors (Lipinski definition) is 2. The highest BCUT2D eigenvalue weighted by Gasteiger charge is 2.13. The van der Waals surface area contributed by atoms with E-state index >= 15 is 0 Å². The zero-order valence-corrected chi connectivity index (χ0v) is 8.56. The lowest BCUT2D eigenvalue weighted by atomic mass is 10.3. The molecule has 0 aliphatic heterocycles. The molecule has 1 aromatic heterocycles. The molecular formula is C11H11N3O2. The number of anilines is 1. The molecule has 0 fully saturated rings. The first-order valence-electron chi connectivity index (χ1n) is 4.74. The van der Waals surface area contributed by atoms with E-state index in [4.69, 9.17) is 10.5 Å². The van der Waals surface area contributed by atoms with Crippen LogP contribution in [0.15, 0.2) is 30.9 Å². The summed E-state index contributed by atoms with van der Waals surface area (Å²) < 4.78 is 4.86. The van der Waals surface area contributed by atoms with Gasteiger partial charge in [0.1, 0.15) is 12.1 Å². The van der Waals surface area contributed by atoms with E-state index in [0.717, 1.165) is 0 Å². The first kappa shape index (κ1) is 10.2. The Kier molecular flexibility index (Phi) is 2.59. The van der Waals surface area contributed by atoms with Gasteiger partial charge in [0.25, 0.3) is 0 Å². The van der Waals surface area contributed by atoms with Crippen molar-refractivity contribution in [2.24, 2.45) is 0 Å². The number of carbonyl (C=O) groups is 1. The van der Waals surface area contributed by atoms with Crippen molar-refractivity contribution in [1.82, 2.24) is 9.97 Å². The second kappa shape index (κ2) is 4.06. The second-order valence-electron chi connectivity index (χ2n) is 3.22. The van der Waals surface area contributed by atoms with Gasteiger partial charge in [0.2, 0.25) is 5.82 Å². The van der Waals surface area contributed by atoms with Crippen molar-refractivity contribution in [1.29, 1.82) is 0 Å².